The van der Waals surface area contributed by atoms with Crippen LogP contribution in [-0.4, -0.2) is 44.8 Å². The Kier molecular flexibility index (Phi) is 7.66. The van der Waals surface area contributed by atoms with Gasteiger partial charge in [-0.3, -0.25) is 13.9 Å². The van der Waals surface area contributed by atoms with Gasteiger partial charge in [-0.25, -0.2) is 8.42 Å². The van der Waals surface area contributed by atoms with E-state index in [1.54, 1.807) is 53.4 Å². The monoisotopic (exact) mass is 525 g/mol. The van der Waals surface area contributed by atoms with E-state index in [1.165, 1.54) is 18.2 Å². The highest BCUT2D eigenvalue weighted by Gasteiger charge is 2.28. The van der Waals surface area contributed by atoms with Gasteiger partial charge >= 0.3 is 0 Å². The number of nitrogens with one attached hydrogen (secondary N) is 1. The zero-order valence-corrected chi connectivity index (χ0v) is 21.8. The van der Waals surface area contributed by atoms with Gasteiger partial charge in [0.25, 0.3) is 15.9 Å². The van der Waals surface area contributed by atoms with Crippen molar-refractivity contribution in [2.24, 2.45) is 0 Å². The number of anilines is 2. The second-order valence-electron chi connectivity index (χ2n) is 8.85. The van der Waals surface area contributed by atoms with Crippen molar-refractivity contribution >= 4 is 44.8 Å². The van der Waals surface area contributed by atoms with E-state index in [1.807, 2.05) is 13.8 Å². The molecule has 7 nitrogen and oxygen atoms in total. The third kappa shape index (κ3) is 5.55. The lowest BCUT2D eigenvalue weighted by Gasteiger charge is -2.25. The van der Waals surface area contributed by atoms with Crippen LogP contribution < -0.4 is 9.62 Å². The first kappa shape index (κ1) is 25.7. The first-order chi connectivity index (χ1) is 17.2. The summed E-state index contributed by atoms with van der Waals surface area (Å²) in [6, 6.07) is 18.0. The molecule has 1 aliphatic heterocycles. The number of carbonyl (C=O) groups is 2. The Bertz CT molecular complexity index is 1380. The van der Waals surface area contributed by atoms with E-state index >= 15 is 0 Å². The molecule has 1 heterocycles. The van der Waals surface area contributed by atoms with Crippen LogP contribution in [0.3, 0.4) is 0 Å². The largest absolute Gasteiger partial charge is 0.339 e. The molecule has 0 atom stereocenters. The van der Waals surface area contributed by atoms with Crippen molar-refractivity contribution < 1.29 is 18.0 Å². The van der Waals surface area contributed by atoms with Crippen LogP contribution in [0.4, 0.5) is 11.4 Å². The number of likely N-dealkylation sites (tertiary alicyclic amines) is 1. The van der Waals surface area contributed by atoms with Gasteiger partial charge in [-0.1, -0.05) is 47.5 Å². The number of amides is 2. The second kappa shape index (κ2) is 10.7. The molecule has 2 amide bonds. The van der Waals surface area contributed by atoms with Gasteiger partial charge in [-0.05, 0) is 68.7 Å². The number of para-hydroxylation sites is 1. The van der Waals surface area contributed by atoms with Crippen LogP contribution in [0.25, 0.3) is 0 Å². The molecule has 1 N–H and O–H groups in total. The third-order valence-electron chi connectivity index (χ3n) is 6.16. The van der Waals surface area contributed by atoms with Crippen molar-refractivity contribution in [2.75, 3.05) is 29.3 Å². The van der Waals surface area contributed by atoms with Gasteiger partial charge in [0.2, 0.25) is 5.91 Å². The summed E-state index contributed by atoms with van der Waals surface area (Å²) in [5.74, 6) is -0.734. The second-order valence-corrected chi connectivity index (χ2v) is 11.1. The summed E-state index contributed by atoms with van der Waals surface area (Å²) in [5, 5.41) is 3.14. The summed E-state index contributed by atoms with van der Waals surface area (Å²) in [4.78, 5) is 28.0. The highest BCUT2D eigenvalue weighted by atomic mass is 35.5. The van der Waals surface area contributed by atoms with Crippen LogP contribution in [0.5, 0.6) is 0 Å². The summed E-state index contributed by atoms with van der Waals surface area (Å²) >= 11 is 6.29. The van der Waals surface area contributed by atoms with Crippen molar-refractivity contribution in [2.45, 2.75) is 31.6 Å². The number of carbonyl (C=O) groups excluding carboxylic acids is 2. The minimum absolute atomic E-state index is 0.0576. The van der Waals surface area contributed by atoms with Crippen molar-refractivity contribution in [1.29, 1.82) is 0 Å². The van der Waals surface area contributed by atoms with Crippen LogP contribution in [0.15, 0.2) is 71.6 Å². The molecule has 1 saturated heterocycles. The molecule has 0 radical (unpaired) electrons. The van der Waals surface area contributed by atoms with Gasteiger partial charge in [-0.15, -0.1) is 0 Å². The molecule has 3 aromatic carbocycles. The predicted molar refractivity (Wildman–Crippen MR) is 142 cm³/mol. The molecule has 0 aliphatic carbocycles. The number of hydrogen-bond acceptors (Lipinski definition) is 4. The van der Waals surface area contributed by atoms with E-state index in [2.05, 4.69) is 5.32 Å². The maximum atomic E-state index is 13.6. The molecule has 188 valence electrons. The van der Waals surface area contributed by atoms with Crippen LogP contribution in [0.1, 0.15) is 34.3 Å². The summed E-state index contributed by atoms with van der Waals surface area (Å²) in [5.41, 5.74) is 2.68. The standard InChI is InChI=1S/C27H28ClN3O4S/c1-19-9-13-22(14-10-19)36(34,35)31(21-12-11-20(2)24(28)17-21)18-26(32)29-25-8-4-3-7-23(25)27(33)30-15-5-6-16-30/h3-4,7-14,17H,5-6,15-16,18H2,1-2H3,(H,29,32). The number of benzene rings is 3. The summed E-state index contributed by atoms with van der Waals surface area (Å²) in [7, 11) is -4.09. The fourth-order valence-electron chi connectivity index (χ4n) is 4.08. The van der Waals surface area contributed by atoms with Crippen molar-refractivity contribution in [3.8, 4) is 0 Å². The average molecular weight is 526 g/mol. The van der Waals surface area contributed by atoms with E-state index in [0.29, 0.717) is 29.4 Å². The molecular weight excluding hydrogens is 498 g/mol. The Morgan fingerprint density at radius 3 is 2.31 bits per heavy atom. The lowest BCUT2D eigenvalue weighted by atomic mass is 10.1. The summed E-state index contributed by atoms with van der Waals surface area (Å²) < 4.78 is 28.3. The Balaban J connectivity index is 1.64. The number of hydrogen-bond donors (Lipinski definition) is 1. The number of aryl methyl sites for hydroxylation is 2. The highest BCUT2D eigenvalue weighted by Crippen LogP contribution is 2.28. The summed E-state index contributed by atoms with van der Waals surface area (Å²) in [6.45, 7) is 4.53. The Morgan fingerprint density at radius 2 is 1.64 bits per heavy atom. The fraction of sp³-hybridized carbons (Fsp3) is 0.259. The molecule has 36 heavy (non-hydrogen) atoms. The molecule has 0 aromatic heterocycles. The van der Waals surface area contributed by atoms with Gasteiger partial charge in [-0.2, -0.15) is 0 Å². The Morgan fingerprint density at radius 1 is 0.972 bits per heavy atom. The van der Waals surface area contributed by atoms with Gasteiger partial charge < -0.3 is 10.2 Å². The van der Waals surface area contributed by atoms with Crippen molar-refractivity contribution in [1.82, 2.24) is 4.90 Å². The fourth-order valence-corrected chi connectivity index (χ4v) is 5.67. The molecule has 0 bridgehead atoms. The zero-order chi connectivity index (χ0) is 25.9. The molecule has 4 rings (SSSR count). The molecule has 9 heteroatoms. The van der Waals surface area contributed by atoms with Crippen LogP contribution in [0, 0.1) is 13.8 Å². The smallest absolute Gasteiger partial charge is 0.264 e. The zero-order valence-electron chi connectivity index (χ0n) is 20.2. The molecule has 0 saturated carbocycles. The predicted octanol–water partition coefficient (Wildman–Crippen LogP) is 5.03. The number of halogens is 1. The lowest BCUT2D eigenvalue weighted by molar-refractivity contribution is -0.114. The molecule has 0 spiro atoms. The van der Waals surface area contributed by atoms with Gasteiger partial charge in [0.1, 0.15) is 6.54 Å². The minimum atomic E-state index is -4.09. The topological polar surface area (TPSA) is 86.8 Å². The molecular formula is C27H28ClN3O4S. The Labute approximate surface area is 216 Å². The number of nitrogens with zero attached hydrogens (tertiary/aromatic N) is 2. The van der Waals surface area contributed by atoms with Gasteiger partial charge in [0.15, 0.2) is 0 Å². The quantitative estimate of drug-likeness (QED) is 0.469. The Hall–Kier alpha value is -3.36. The molecule has 1 fully saturated rings. The lowest BCUT2D eigenvalue weighted by Crippen LogP contribution is -2.38. The van der Waals surface area contributed by atoms with Gasteiger partial charge in [0, 0.05) is 18.1 Å². The van der Waals surface area contributed by atoms with Crippen LogP contribution >= 0.6 is 11.6 Å². The van der Waals surface area contributed by atoms with Crippen LogP contribution in [0.2, 0.25) is 5.02 Å². The van der Waals surface area contributed by atoms with E-state index in [-0.39, 0.29) is 16.5 Å². The first-order valence-electron chi connectivity index (χ1n) is 11.7. The van der Waals surface area contributed by atoms with E-state index < -0.39 is 22.5 Å². The maximum Gasteiger partial charge on any atom is 0.264 e. The number of sulfonamides is 1. The van der Waals surface area contributed by atoms with Crippen molar-refractivity contribution in [3.05, 3.63) is 88.4 Å². The van der Waals surface area contributed by atoms with Crippen LogP contribution in [-0.2, 0) is 14.8 Å². The third-order valence-corrected chi connectivity index (χ3v) is 8.36. The molecule has 0 unspecified atom stereocenters. The maximum absolute atomic E-state index is 13.6. The minimum Gasteiger partial charge on any atom is -0.339 e. The first-order valence-corrected chi connectivity index (χ1v) is 13.5. The van der Waals surface area contributed by atoms with Gasteiger partial charge in [0.05, 0.1) is 21.8 Å². The average Bonchev–Trinajstić information content (AvgIpc) is 3.40. The number of rotatable bonds is 7. The molecule has 3 aromatic rings. The summed E-state index contributed by atoms with van der Waals surface area (Å²) in [6.07, 6.45) is 1.90. The van der Waals surface area contributed by atoms with E-state index in [9.17, 15) is 18.0 Å². The molecule has 1 aliphatic rings. The van der Waals surface area contributed by atoms with Crippen molar-refractivity contribution in [3.63, 3.8) is 0 Å². The van der Waals surface area contributed by atoms with E-state index in [4.69, 9.17) is 11.6 Å². The van der Waals surface area contributed by atoms with E-state index in [0.717, 1.165) is 28.3 Å². The SMILES string of the molecule is Cc1ccc(S(=O)(=O)N(CC(=O)Nc2ccccc2C(=O)N2CCCC2)c2ccc(C)c(Cl)c2)cc1. The normalized spacial score (nSPS) is 13.5. The highest BCUT2D eigenvalue weighted by molar-refractivity contribution is 7.92.